The Morgan fingerprint density at radius 3 is 2.70 bits per heavy atom. The van der Waals surface area contributed by atoms with Crippen molar-refractivity contribution in [2.45, 2.75) is 13.8 Å². The highest BCUT2D eigenvalue weighted by atomic mass is 32.2. The number of hydrogen-bond acceptors (Lipinski definition) is 5. The van der Waals surface area contributed by atoms with Crippen molar-refractivity contribution in [2.24, 2.45) is 0 Å². The minimum absolute atomic E-state index is 0.0222. The van der Waals surface area contributed by atoms with Gasteiger partial charge in [-0.2, -0.15) is 5.26 Å². The predicted molar refractivity (Wildman–Crippen MR) is 99.2 cm³/mol. The molecule has 0 bridgehead atoms. The fourth-order valence-corrected chi connectivity index (χ4v) is 3.38. The van der Waals surface area contributed by atoms with Crippen molar-refractivity contribution in [2.75, 3.05) is 18.8 Å². The highest BCUT2D eigenvalue weighted by Crippen LogP contribution is 2.21. The molecule has 1 aromatic carbocycles. The second-order valence-corrected chi connectivity index (χ2v) is 6.37. The van der Waals surface area contributed by atoms with Crippen LogP contribution in [-0.2, 0) is 0 Å². The van der Waals surface area contributed by atoms with Crippen molar-refractivity contribution < 1.29 is 5.11 Å². The van der Waals surface area contributed by atoms with Gasteiger partial charge >= 0.3 is 0 Å². The van der Waals surface area contributed by atoms with Gasteiger partial charge < -0.3 is 15.0 Å². The molecule has 0 aliphatic heterocycles. The van der Waals surface area contributed by atoms with E-state index >= 15 is 0 Å². The van der Waals surface area contributed by atoms with Gasteiger partial charge in [-0.1, -0.05) is 36.1 Å². The molecule has 120 valence electrons. The van der Waals surface area contributed by atoms with Gasteiger partial charge in [0.2, 0.25) is 0 Å². The first-order valence-corrected chi connectivity index (χ1v) is 8.69. The Bertz CT molecular complexity index is 739. The van der Waals surface area contributed by atoms with E-state index in [2.05, 4.69) is 9.97 Å². The van der Waals surface area contributed by atoms with E-state index in [1.54, 1.807) is 0 Å². The van der Waals surface area contributed by atoms with Gasteiger partial charge in [-0.05, 0) is 26.0 Å². The number of benzene rings is 1. The topological polar surface area (TPSA) is 75.9 Å². The van der Waals surface area contributed by atoms with E-state index in [9.17, 15) is 10.4 Å². The number of fused-ring (bicyclic) bond motifs is 1. The highest BCUT2D eigenvalue weighted by molar-refractivity contribution is 8.23. The Morgan fingerprint density at radius 2 is 2.09 bits per heavy atom. The maximum atomic E-state index is 10.3. The normalized spacial score (nSPS) is 11.9. The van der Waals surface area contributed by atoms with Crippen molar-refractivity contribution >= 4 is 44.9 Å². The minimum atomic E-state index is -0.0222. The van der Waals surface area contributed by atoms with Crippen LogP contribution in [0.2, 0.25) is 0 Å². The summed E-state index contributed by atoms with van der Waals surface area (Å²) in [5, 5.41) is 19.6. The number of aliphatic hydroxyl groups is 1. The summed E-state index contributed by atoms with van der Waals surface area (Å²) in [6, 6.07) is 9.52. The van der Waals surface area contributed by atoms with Crippen molar-refractivity contribution in [3.8, 4) is 6.07 Å². The molecule has 2 N–H and O–H groups in total. The van der Waals surface area contributed by atoms with Crippen LogP contribution in [0.15, 0.2) is 30.0 Å². The van der Waals surface area contributed by atoms with E-state index < -0.39 is 0 Å². The van der Waals surface area contributed by atoms with Gasteiger partial charge in [0.15, 0.2) is 5.82 Å². The van der Waals surface area contributed by atoms with Gasteiger partial charge in [0.1, 0.15) is 21.7 Å². The van der Waals surface area contributed by atoms with Crippen LogP contribution in [0.5, 0.6) is 0 Å². The molecule has 1 heterocycles. The summed E-state index contributed by atoms with van der Waals surface area (Å²) in [7, 11) is 0. The number of aromatic amines is 1. The third-order valence-electron chi connectivity index (χ3n) is 3.38. The number of nitriles is 1. The smallest absolute Gasteiger partial charge is 0.152 e. The van der Waals surface area contributed by atoms with Crippen LogP contribution >= 0.6 is 24.0 Å². The van der Waals surface area contributed by atoms with Gasteiger partial charge in [0, 0.05) is 13.1 Å². The first-order valence-electron chi connectivity index (χ1n) is 7.29. The molecule has 0 radical (unpaired) electrons. The van der Waals surface area contributed by atoms with Crippen LogP contribution in [0.25, 0.3) is 16.6 Å². The lowest BCUT2D eigenvalue weighted by molar-refractivity contribution is 0.420. The molecular formula is C16H18N4OS2. The number of aromatic nitrogens is 2. The lowest BCUT2D eigenvalue weighted by atomic mass is 10.2. The maximum Gasteiger partial charge on any atom is 0.152 e. The summed E-state index contributed by atoms with van der Waals surface area (Å²) in [4.78, 5) is 9.44. The molecule has 7 heteroatoms. The molecule has 0 amide bonds. The van der Waals surface area contributed by atoms with Crippen LogP contribution in [0.1, 0.15) is 19.7 Å². The average Bonchev–Trinajstić information content (AvgIpc) is 2.98. The van der Waals surface area contributed by atoms with Gasteiger partial charge in [0.05, 0.1) is 16.8 Å². The summed E-state index contributed by atoms with van der Waals surface area (Å²) in [6.07, 6.45) is 0. The van der Waals surface area contributed by atoms with Gasteiger partial charge in [0.25, 0.3) is 0 Å². The summed E-state index contributed by atoms with van der Waals surface area (Å²) in [5.74, 6) is 0.599. The Hall–Kier alpha value is -2.04. The molecule has 0 aliphatic carbocycles. The second-order valence-electron chi connectivity index (χ2n) is 4.76. The zero-order valence-corrected chi connectivity index (χ0v) is 14.7. The summed E-state index contributed by atoms with van der Waals surface area (Å²) >= 11 is 6.68. The molecule has 0 aliphatic rings. The van der Waals surface area contributed by atoms with Crippen molar-refractivity contribution in [1.82, 2.24) is 14.9 Å². The number of nitrogens with zero attached hydrogens (tertiary/aromatic N) is 3. The molecule has 2 rings (SSSR count). The van der Waals surface area contributed by atoms with Crippen molar-refractivity contribution in [1.29, 1.82) is 5.26 Å². The Morgan fingerprint density at radius 1 is 1.39 bits per heavy atom. The van der Waals surface area contributed by atoms with Gasteiger partial charge in [-0.15, -0.1) is 0 Å². The molecule has 5 nitrogen and oxygen atoms in total. The van der Waals surface area contributed by atoms with Gasteiger partial charge in [-0.25, -0.2) is 4.98 Å². The number of thiocarbonyl (C=S) groups is 1. The number of hydrogen-bond donors (Lipinski definition) is 2. The van der Waals surface area contributed by atoms with Crippen LogP contribution in [0.4, 0.5) is 0 Å². The monoisotopic (exact) mass is 346 g/mol. The number of para-hydroxylation sites is 2. The van der Waals surface area contributed by atoms with Crippen LogP contribution < -0.4 is 0 Å². The number of allylic oxidation sites excluding steroid dienone is 1. The third-order valence-corrected chi connectivity index (χ3v) is 4.92. The summed E-state index contributed by atoms with van der Waals surface area (Å²) in [6.45, 7) is 5.70. The molecule has 0 fully saturated rings. The Kier molecular flexibility index (Phi) is 6.02. The highest BCUT2D eigenvalue weighted by Gasteiger charge is 2.15. The molecule has 0 atom stereocenters. The zero-order valence-electron chi connectivity index (χ0n) is 13.0. The van der Waals surface area contributed by atoms with E-state index in [1.807, 2.05) is 49.1 Å². The average molecular weight is 346 g/mol. The summed E-state index contributed by atoms with van der Waals surface area (Å²) in [5.41, 5.74) is 1.74. The number of thioether (sulfide) groups is 1. The van der Waals surface area contributed by atoms with E-state index in [4.69, 9.17) is 12.2 Å². The molecule has 0 saturated carbocycles. The zero-order chi connectivity index (χ0) is 16.8. The molecular weight excluding hydrogens is 328 g/mol. The van der Waals surface area contributed by atoms with Crippen LogP contribution in [0, 0.1) is 11.3 Å². The van der Waals surface area contributed by atoms with Crippen LogP contribution in [-0.4, -0.2) is 43.1 Å². The molecule has 2 aromatic rings. The number of H-pyrrole nitrogens is 1. The summed E-state index contributed by atoms with van der Waals surface area (Å²) < 4.78 is 0.712. The third kappa shape index (κ3) is 4.03. The number of rotatable bonds is 5. The number of nitrogens with one attached hydrogen (secondary N) is 1. The first-order chi connectivity index (χ1) is 11.1. The fourth-order valence-electron chi connectivity index (χ4n) is 2.10. The standard InChI is InChI=1S/C16H18N4OS2/c1-3-20(4-2)16(22)23-10-14(21)11(9-17)15-18-12-7-5-6-8-13(12)19-15/h5-8,21H,3-4,10H2,1-2H3,(H,18,19). The predicted octanol–water partition coefficient (Wildman–Crippen LogP) is 3.72. The fraction of sp³-hybridized carbons (Fsp3) is 0.312. The van der Waals surface area contributed by atoms with Crippen molar-refractivity contribution in [3.63, 3.8) is 0 Å². The van der Waals surface area contributed by atoms with Gasteiger partial charge in [-0.3, -0.25) is 0 Å². The van der Waals surface area contributed by atoms with Crippen LogP contribution in [0.3, 0.4) is 0 Å². The minimum Gasteiger partial charge on any atom is -0.510 e. The maximum absolute atomic E-state index is 10.3. The molecule has 1 aromatic heterocycles. The van der Waals surface area contributed by atoms with E-state index in [-0.39, 0.29) is 17.1 Å². The van der Waals surface area contributed by atoms with Crippen molar-refractivity contribution in [3.05, 3.63) is 35.8 Å². The van der Waals surface area contributed by atoms with E-state index in [0.717, 1.165) is 24.1 Å². The SMILES string of the molecule is CCN(CC)C(=S)SCC(O)=C(C#N)c1nc2ccccc2[nH]1. The quantitative estimate of drug-likeness (QED) is 0.488. The molecule has 0 unspecified atom stereocenters. The number of aliphatic hydroxyl groups excluding tert-OH is 1. The lowest BCUT2D eigenvalue weighted by Crippen LogP contribution is -2.26. The van der Waals surface area contributed by atoms with E-state index in [0.29, 0.717) is 10.1 Å². The molecule has 23 heavy (non-hydrogen) atoms. The Labute approximate surface area is 145 Å². The molecule has 0 saturated heterocycles. The number of imidazole rings is 1. The largest absolute Gasteiger partial charge is 0.510 e. The van der Waals surface area contributed by atoms with E-state index in [1.165, 1.54) is 11.8 Å². The second kappa shape index (κ2) is 7.99. The Balaban J connectivity index is 2.19. The lowest BCUT2D eigenvalue weighted by Gasteiger charge is -2.20. The molecule has 0 spiro atoms. The first kappa shape index (κ1) is 17.3.